The molecule has 0 amide bonds. The van der Waals surface area contributed by atoms with E-state index in [-0.39, 0.29) is 0 Å². The Kier molecular flexibility index (Phi) is 1.27. The molecule has 0 aromatic heterocycles. The third-order valence-corrected chi connectivity index (χ3v) is 4.93. The Hall–Kier alpha value is -0.0400. The van der Waals surface area contributed by atoms with E-state index in [0.717, 1.165) is 17.8 Å². The fourth-order valence-corrected chi connectivity index (χ4v) is 3.89. The van der Waals surface area contributed by atoms with Gasteiger partial charge in [0, 0.05) is 6.04 Å². The van der Waals surface area contributed by atoms with Crippen LogP contribution < -0.4 is 5.73 Å². The van der Waals surface area contributed by atoms with Crippen LogP contribution in [-0.4, -0.2) is 6.04 Å². The molecule has 0 radical (unpaired) electrons. The van der Waals surface area contributed by atoms with Gasteiger partial charge < -0.3 is 5.73 Å². The van der Waals surface area contributed by atoms with Crippen molar-refractivity contribution in [2.45, 2.75) is 45.1 Å². The fourth-order valence-electron chi connectivity index (χ4n) is 3.89. The Morgan fingerprint density at radius 3 is 2.42 bits per heavy atom. The van der Waals surface area contributed by atoms with Gasteiger partial charge in [0.15, 0.2) is 0 Å². The van der Waals surface area contributed by atoms with Crippen LogP contribution in [0.5, 0.6) is 0 Å². The predicted octanol–water partition coefficient (Wildman–Crippen LogP) is 2.16. The van der Waals surface area contributed by atoms with Gasteiger partial charge in [0.2, 0.25) is 0 Å². The molecule has 3 fully saturated rings. The summed E-state index contributed by atoms with van der Waals surface area (Å²) in [7, 11) is 0. The van der Waals surface area contributed by atoms with Crippen LogP contribution in [0.4, 0.5) is 0 Å². The second-order valence-electron chi connectivity index (χ2n) is 5.60. The highest BCUT2D eigenvalue weighted by atomic mass is 14.8. The second-order valence-corrected chi connectivity index (χ2v) is 5.60. The fraction of sp³-hybridized carbons (Fsp3) is 1.00. The first-order chi connectivity index (χ1) is 5.70. The first-order valence-corrected chi connectivity index (χ1v) is 5.46. The number of hydrogen-bond donors (Lipinski definition) is 1. The Morgan fingerprint density at radius 2 is 2.00 bits per heavy atom. The van der Waals surface area contributed by atoms with Gasteiger partial charge in [0.1, 0.15) is 0 Å². The quantitative estimate of drug-likeness (QED) is 0.633. The summed E-state index contributed by atoms with van der Waals surface area (Å²) in [6.07, 6.45) is 7.38. The van der Waals surface area contributed by atoms with Gasteiger partial charge in [-0.3, -0.25) is 0 Å². The highest BCUT2D eigenvalue weighted by molar-refractivity contribution is 5.11. The average molecular weight is 165 g/mol. The molecule has 0 spiro atoms. The van der Waals surface area contributed by atoms with Gasteiger partial charge in [-0.2, -0.15) is 0 Å². The summed E-state index contributed by atoms with van der Waals surface area (Å²) in [5.41, 5.74) is 6.58. The van der Waals surface area contributed by atoms with Crippen LogP contribution in [0, 0.1) is 23.2 Å². The molecule has 68 valence electrons. The molecule has 3 rings (SSSR count). The maximum absolute atomic E-state index is 6.01. The van der Waals surface area contributed by atoms with Crippen LogP contribution in [0.25, 0.3) is 0 Å². The molecule has 3 aliphatic rings. The summed E-state index contributed by atoms with van der Waals surface area (Å²) >= 11 is 0. The topological polar surface area (TPSA) is 26.0 Å². The van der Waals surface area contributed by atoms with E-state index >= 15 is 0 Å². The molecule has 2 N–H and O–H groups in total. The number of nitrogens with two attached hydrogens (primary N) is 1. The van der Waals surface area contributed by atoms with Crippen molar-refractivity contribution >= 4 is 0 Å². The molecule has 0 heterocycles. The molecule has 3 saturated carbocycles. The summed E-state index contributed by atoms with van der Waals surface area (Å²) in [5, 5.41) is 0. The molecule has 0 saturated heterocycles. The van der Waals surface area contributed by atoms with Gasteiger partial charge >= 0.3 is 0 Å². The van der Waals surface area contributed by atoms with Crippen molar-refractivity contribution in [2.24, 2.45) is 28.9 Å². The van der Waals surface area contributed by atoms with Crippen molar-refractivity contribution in [3.8, 4) is 0 Å². The molecule has 3 aliphatic carbocycles. The second kappa shape index (κ2) is 2.06. The van der Waals surface area contributed by atoms with Crippen molar-refractivity contribution in [1.82, 2.24) is 0 Å². The van der Waals surface area contributed by atoms with Crippen LogP contribution in [0.1, 0.15) is 39.0 Å². The first kappa shape index (κ1) is 7.37. The first-order valence-electron chi connectivity index (χ1n) is 5.46. The standard InChI is InChI=1S/C11H19N/c1-11(6-10(11)12)9-5-7-2-3-8(9)4-7/h7-10H,2-6,12H2,1H3. The monoisotopic (exact) mass is 165 g/mol. The van der Waals surface area contributed by atoms with Crippen LogP contribution in [0.2, 0.25) is 0 Å². The molecule has 1 nitrogen and oxygen atoms in total. The Labute approximate surface area is 74.7 Å². The van der Waals surface area contributed by atoms with Crippen molar-refractivity contribution in [1.29, 1.82) is 0 Å². The summed E-state index contributed by atoms with van der Waals surface area (Å²) in [6.45, 7) is 2.42. The lowest BCUT2D eigenvalue weighted by Gasteiger charge is -2.28. The predicted molar refractivity (Wildman–Crippen MR) is 49.6 cm³/mol. The molecular weight excluding hydrogens is 146 g/mol. The smallest absolute Gasteiger partial charge is 0.0102 e. The van der Waals surface area contributed by atoms with Gasteiger partial charge in [0.05, 0.1) is 0 Å². The molecule has 5 atom stereocenters. The minimum Gasteiger partial charge on any atom is -0.327 e. The van der Waals surface area contributed by atoms with E-state index in [4.69, 9.17) is 5.73 Å². The molecule has 12 heavy (non-hydrogen) atoms. The third kappa shape index (κ3) is 0.783. The SMILES string of the molecule is CC1(C2CC3CCC2C3)CC1N. The van der Waals surface area contributed by atoms with Crippen molar-refractivity contribution < 1.29 is 0 Å². The molecule has 1 heteroatoms. The lowest BCUT2D eigenvalue weighted by atomic mass is 9.77. The van der Waals surface area contributed by atoms with Crippen LogP contribution in [0.3, 0.4) is 0 Å². The molecule has 2 bridgehead atoms. The highest BCUT2D eigenvalue weighted by Gasteiger charge is 2.58. The minimum atomic E-state index is 0.543. The lowest BCUT2D eigenvalue weighted by molar-refractivity contribution is 0.217. The number of rotatable bonds is 1. The minimum absolute atomic E-state index is 0.543. The van der Waals surface area contributed by atoms with Crippen LogP contribution >= 0.6 is 0 Å². The van der Waals surface area contributed by atoms with Crippen molar-refractivity contribution in [3.63, 3.8) is 0 Å². The third-order valence-electron chi connectivity index (χ3n) is 4.93. The van der Waals surface area contributed by atoms with Gasteiger partial charge in [-0.25, -0.2) is 0 Å². The summed E-state index contributed by atoms with van der Waals surface area (Å²) in [4.78, 5) is 0. The summed E-state index contributed by atoms with van der Waals surface area (Å²) in [5.74, 6) is 3.16. The molecule has 5 unspecified atom stereocenters. The van der Waals surface area contributed by atoms with Crippen LogP contribution in [-0.2, 0) is 0 Å². The Morgan fingerprint density at radius 1 is 1.25 bits per heavy atom. The molecule has 0 aliphatic heterocycles. The van der Waals surface area contributed by atoms with Crippen LogP contribution in [0.15, 0.2) is 0 Å². The highest BCUT2D eigenvalue weighted by Crippen LogP contribution is 2.62. The normalized spacial score (nSPS) is 62.5. The summed E-state index contributed by atoms with van der Waals surface area (Å²) < 4.78 is 0. The molecule has 0 aromatic rings. The van der Waals surface area contributed by atoms with E-state index in [2.05, 4.69) is 6.92 Å². The van der Waals surface area contributed by atoms with E-state index < -0.39 is 0 Å². The van der Waals surface area contributed by atoms with E-state index in [0.29, 0.717) is 11.5 Å². The van der Waals surface area contributed by atoms with Gasteiger partial charge in [-0.15, -0.1) is 0 Å². The Balaban J connectivity index is 1.79. The van der Waals surface area contributed by atoms with E-state index in [9.17, 15) is 0 Å². The maximum atomic E-state index is 6.01. The van der Waals surface area contributed by atoms with Crippen molar-refractivity contribution in [2.75, 3.05) is 0 Å². The van der Waals surface area contributed by atoms with Gasteiger partial charge in [0.25, 0.3) is 0 Å². The van der Waals surface area contributed by atoms with Crippen molar-refractivity contribution in [3.05, 3.63) is 0 Å². The average Bonchev–Trinajstić information content (AvgIpc) is 2.55. The van der Waals surface area contributed by atoms with E-state index in [1.807, 2.05) is 0 Å². The zero-order valence-electron chi connectivity index (χ0n) is 7.92. The lowest BCUT2D eigenvalue weighted by Crippen LogP contribution is -2.25. The Bertz CT molecular complexity index is 213. The maximum Gasteiger partial charge on any atom is 0.0102 e. The number of fused-ring (bicyclic) bond motifs is 2. The van der Waals surface area contributed by atoms with Gasteiger partial charge in [-0.05, 0) is 48.9 Å². The summed E-state index contributed by atoms with van der Waals surface area (Å²) in [6, 6.07) is 0.543. The van der Waals surface area contributed by atoms with Gasteiger partial charge in [-0.1, -0.05) is 13.3 Å². The molecule has 0 aromatic carbocycles. The number of hydrogen-bond acceptors (Lipinski definition) is 1. The zero-order chi connectivity index (χ0) is 8.34. The van der Waals surface area contributed by atoms with E-state index in [1.165, 1.54) is 32.1 Å². The van der Waals surface area contributed by atoms with E-state index in [1.54, 1.807) is 0 Å². The largest absolute Gasteiger partial charge is 0.327 e. The zero-order valence-corrected chi connectivity index (χ0v) is 7.92. The molecular formula is C11H19N.